The molecule has 0 radical (unpaired) electrons. The summed E-state index contributed by atoms with van der Waals surface area (Å²) in [5.74, 6) is -1.93. The van der Waals surface area contributed by atoms with Crippen LogP contribution in [0.15, 0.2) is 65.8 Å². The van der Waals surface area contributed by atoms with Crippen molar-refractivity contribution in [2.24, 2.45) is 0 Å². The molecule has 0 spiro atoms. The minimum absolute atomic E-state index is 0.136. The highest BCUT2D eigenvalue weighted by Crippen LogP contribution is 2.17. The number of halogens is 2. The number of nitrogens with zero attached hydrogens (tertiary/aromatic N) is 2. The molecule has 25 heavy (non-hydrogen) atoms. The van der Waals surface area contributed by atoms with Gasteiger partial charge in [-0.1, -0.05) is 30.3 Å². The van der Waals surface area contributed by atoms with Crippen LogP contribution in [0.5, 0.6) is 0 Å². The van der Waals surface area contributed by atoms with Crippen LogP contribution >= 0.6 is 0 Å². The summed E-state index contributed by atoms with van der Waals surface area (Å²) in [4.78, 5) is 7.67. The highest BCUT2D eigenvalue weighted by molar-refractivity contribution is 7.89. The molecule has 3 rings (SSSR count). The lowest BCUT2D eigenvalue weighted by Gasteiger charge is -2.08. The first kappa shape index (κ1) is 17.1. The smallest absolute Gasteiger partial charge is 0.240 e. The van der Waals surface area contributed by atoms with Gasteiger partial charge < -0.3 is 0 Å². The largest absolute Gasteiger partial charge is 0.241 e. The molecule has 8 heteroatoms. The van der Waals surface area contributed by atoms with Gasteiger partial charge in [0.05, 0.1) is 22.8 Å². The summed E-state index contributed by atoms with van der Waals surface area (Å²) in [6, 6.07) is 13.1. The Morgan fingerprint density at radius 3 is 2.28 bits per heavy atom. The average Bonchev–Trinajstić information content (AvgIpc) is 2.60. The predicted molar refractivity (Wildman–Crippen MR) is 87.9 cm³/mol. The van der Waals surface area contributed by atoms with Gasteiger partial charge in [0, 0.05) is 11.6 Å². The van der Waals surface area contributed by atoms with E-state index in [1.54, 1.807) is 6.07 Å². The van der Waals surface area contributed by atoms with Crippen molar-refractivity contribution >= 4 is 10.0 Å². The quantitative estimate of drug-likeness (QED) is 0.758. The minimum atomic E-state index is -4.07. The molecule has 0 saturated carbocycles. The molecule has 1 aromatic heterocycles. The standard InChI is InChI=1S/C17H13F2N3O2S/c18-13-6-14(19)8-16(7-13)25(23,24)22-10-15-9-17(21-11-20-15)12-4-2-1-3-5-12/h1-9,11,22H,10H2. The molecule has 0 bridgehead atoms. The molecule has 0 amide bonds. The van der Waals surface area contributed by atoms with Gasteiger partial charge in [-0.25, -0.2) is 31.9 Å². The van der Waals surface area contributed by atoms with Crippen LogP contribution in [0, 0.1) is 11.6 Å². The molecule has 2 aromatic carbocycles. The maximum absolute atomic E-state index is 13.2. The normalized spacial score (nSPS) is 11.4. The fourth-order valence-electron chi connectivity index (χ4n) is 2.20. The number of hydrogen-bond acceptors (Lipinski definition) is 4. The molecule has 0 aliphatic heterocycles. The summed E-state index contributed by atoms with van der Waals surface area (Å²) in [5, 5.41) is 0. The van der Waals surface area contributed by atoms with Gasteiger partial charge in [0.25, 0.3) is 0 Å². The van der Waals surface area contributed by atoms with Crippen LogP contribution in [0.25, 0.3) is 11.3 Å². The summed E-state index contributed by atoms with van der Waals surface area (Å²) >= 11 is 0. The SMILES string of the molecule is O=S(=O)(NCc1cc(-c2ccccc2)ncn1)c1cc(F)cc(F)c1. The van der Waals surface area contributed by atoms with Gasteiger partial charge in [-0.2, -0.15) is 0 Å². The lowest BCUT2D eigenvalue weighted by atomic mass is 10.1. The molecular weight excluding hydrogens is 348 g/mol. The molecule has 0 unspecified atom stereocenters. The number of rotatable bonds is 5. The Morgan fingerprint density at radius 1 is 0.920 bits per heavy atom. The maximum Gasteiger partial charge on any atom is 0.241 e. The van der Waals surface area contributed by atoms with Gasteiger partial charge in [0.15, 0.2) is 0 Å². The zero-order valence-electron chi connectivity index (χ0n) is 12.9. The Labute approximate surface area is 143 Å². The van der Waals surface area contributed by atoms with Crippen molar-refractivity contribution in [3.8, 4) is 11.3 Å². The van der Waals surface area contributed by atoms with Crippen molar-refractivity contribution in [2.45, 2.75) is 11.4 Å². The Hall–Kier alpha value is -2.71. The fourth-order valence-corrected chi connectivity index (χ4v) is 3.24. The Bertz CT molecular complexity index is 976. The molecular formula is C17H13F2N3O2S. The third-order valence-corrected chi connectivity index (χ3v) is 4.76. The summed E-state index contributed by atoms with van der Waals surface area (Å²) < 4.78 is 53.0. The zero-order chi connectivity index (χ0) is 17.9. The zero-order valence-corrected chi connectivity index (χ0v) is 13.7. The van der Waals surface area contributed by atoms with Gasteiger partial charge in [-0.3, -0.25) is 0 Å². The van der Waals surface area contributed by atoms with Crippen LogP contribution in [-0.4, -0.2) is 18.4 Å². The first-order valence-electron chi connectivity index (χ1n) is 7.26. The van der Waals surface area contributed by atoms with Crippen molar-refractivity contribution in [3.63, 3.8) is 0 Å². The first-order valence-corrected chi connectivity index (χ1v) is 8.74. The third-order valence-electron chi connectivity index (χ3n) is 3.38. The fraction of sp³-hybridized carbons (Fsp3) is 0.0588. The number of nitrogens with one attached hydrogen (secondary N) is 1. The number of benzene rings is 2. The van der Waals surface area contributed by atoms with Crippen LogP contribution in [-0.2, 0) is 16.6 Å². The molecule has 128 valence electrons. The van der Waals surface area contributed by atoms with Crippen LogP contribution < -0.4 is 4.72 Å². The molecule has 0 saturated heterocycles. The van der Waals surface area contributed by atoms with Gasteiger partial charge in [-0.05, 0) is 18.2 Å². The average molecular weight is 361 g/mol. The predicted octanol–water partition coefficient (Wildman–Crippen LogP) is 2.90. The molecule has 1 N–H and O–H groups in total. The van der Waals surface area contributed by atoms with Crippen LogP contribution in [0.1, 0.15) is 5.69 Å². The van der Waals surface area contributed by atoms with Crippen LogP contribution in [0.4, 0.5) is 8.78 Å². The number of sulfonamides is 1. The van der Waals surface area contributed by atoms with Crippen LogP contribution in [0.2, 0.25) is 0 Å². The van der Waals surface area contributed by atoms with E-state index in [1.807, 2.05) is 30.3 Å². The molecule has 1 heterocycles. The van der Waals surface area contributed by atoms with E-state index in [0.717, 1.165) is 17.7 Å². The van der Waals surface area contributed by atoms with Gasteiger partial charge >= 0.3 is 0 Å². The molecule has 0 aliphatic carbocycles. The summed E-state index contributed by atoms with van der Waals surface area (Å²) in [6.07, 6.45) is 1.33. The van der Waals surface area contributed by atoms with E-state index >= 15 is 0 Å². The van der Waals surface area contributed by atoms with E-state index in [-0.39, 0.29) is 6.54 Å². The highest BCUT2D eigenvalue weighted by Gasteiger charge is 2.16. The minimum Gasteiger partial charge on any atom is -0.240 e. The van der Waals surface area contributed by atoms with E-state index in [2.05, 4.69) is 14.7 Å². The molecule has 3 aromatic rings. The second-order valence-corrected chi connectivity index (χ2v) is 6.96. The summed E-state index contributed by atoms with van der Waals surface area (Å²) in [6.45, 7) is -0.136. The Kier molecular flexibility index (Phi) is 4.82. The number of hydrogen-bond donors (Lipinski definition) is 1. The number of aromatic nitrogens is 2. The molecule has 0 aliphatic rings. The van der Waals surface area contributed by atoms with Gasteiger partial charge in [-0.15, -0.1) is 0 Å². The first-order chi connectivity index (χ1) is 11.9. The van der Waals surface area contributed by atoms with Crippen molar-refractivity contribution in [1.82, 2.24) is 14.7 Å². The van der Waals surface area contributed by atoms with Gasteiger partial charge in [0.2, 0.25) is 10.0 Å². The molecule has 0 atom stereocenters. The lowest BCUT2D eigenvalue weighted by molar-refractivity contribution is 0.561. The highest BCUT2D eigenvalue weighted by atomic mass is 32.2. The van der Waals surface area contributed by atoms with E-state index in [0.29, 0.717) is 17.5 Å². The van der Waals surface area contributed by atoms with E-state index in [4.69, 9.17) is 0 Å². The Balaban J connectivity index is 1.79. The van der Waals surface area contributed by atoms with E-state index < -0.39 is 26.6 Å². The topological polar surface area (TPSA) is 72.0 Å². The van der Waals surface area contributed by atoms with Gasteiger partial charge in [0.1, 0.15) is 18.0 Å². The van der Waals surface area contributed by atoms with Crippen molar-refractivity contribution in [1.29, 1.82) is 0 Å². The second kappa shape index (κ2) is 7.04. The lowest BCUT2D eigenvalue weighted by Crippen LogP contribution is -2.24. The van der Waals surface area contributed by atoms with Crippen molar-refractivity contribution in [2.75, 3.05) is 0 Å². The molecule has 0 fully saturated rings. The monoisotopic (exact) mass is 361 g/mol. The van der Waals surface area contributed by atoms with E-state index in [9.17, 15) is 17.2 Å². The maximum atomic E-state index is 13.2. The van der Waals surface area contributed by atoms with Crippen molar-refractivity contribution in [3.05, 3.63) is 78.3 Å². The van der Waals surface area contributed by atoms with E-state index in [1.165, 1.54) is 6.33 Å². The molecule has 5 nitrogen and oxygen atoms in total. The summed E-state index contributed by atoms with van der Waals surface area (Å²) in [7, 11) is -4.07. The van der Waals surface area contributed by atoms with Crippen LogP contribution in [0.3, 0.4) is 0 Å². The summed E-state index contributed by atoms with van der Waals surface area (Å²) in [5.41, 5.74) is 1.93. The third kappa shape index (κ3) is 4.23. The second-order valence-electron chi connectivity index (χ2n) is 5.19. The Morgan fingerprint density at radius 2 is 1.60 bits per heavy atom. The van der Waals surface area contributed by atoms with Crippen molar-refractivity contribution < 1.29 is 17.2 Å².